The van der Waals surface area contributed by atoms with Crippen LogP contribution in [0.3, 0.4) is 0 Å². The largest absolute Gasteiger partial charge is 0.497 e. The number of rotatable bonds is 7. The Balaban J connectivity index is 1.43. The number of para-hydroxylation sites is 2. The van der Waals surface area contributed by atoms with Crippen LogP contribution in [-0.4, -0.2) is 54.4 Å². The maximum Gasteiger partial charge on any atom is 0.243 e. The number of hydrogen-bond donors (Lipinski definition) is 1. The second-order valence-electron chi connectivity index (χ2n) is 7.54. The SMILES string of the molecule is COc1ccc(S(=O)(=O)N2CCC[C@H]2C(=O)NCCn2c(C)nc3ccccc32)cc1. The van der Waals surface area contributed by atoms with Crippen LogP contribution in [0.15, 0.2) is 53.4 Å². The van der Waals surface area contributed by atoms with E-state index in [1.165, 1.54) is 23.5 Å². The van der Waals surface area contributed by atoms with Gasteiger partial charge in [0.2, 0.25) is 15.9 Å². The highest BCUT2D eigenvalue weighted by atomic mass is 32.2. The topological polar surface area (TPSA) is 93.5 Å². The molecule has 164 valence electrons. The van der Waals surface area contributed by atoms with Gasteiger partial charge in [-0.3, -0.25) is 4.79 Å². The Hall–Kier alpha value is -2.91. The fourth-order valence-electron chi connectivity index (χ4n) is 4.06. The first-order valence-electron chi connectivity index (χ1n) is 10.3. The summed E-state index contributed by atoms with van der Waals surface area (Å²) in [6.45, 7) is 3.22. The number of nitrogens with one attached hydrogen (secondary N) is 1. The van der Waals surface area contributed by atoms with E-state index in [-0.39, 0.29) is 10.8 Å². The van der Waals surface area contributed by atoms with Gasteiger partial charge in [0.25, 0.3) is 0 Å². The maximum absolute atomic E-state index is 13.1. The number of imidazole rings is 1. The predicted octanol–water partition coefficient (Wildman–Crippen LogP) is 2.32. The van der Waals surface area contributed by atoms with Gasteiger partial charge in [-0.25, -0.2) is 13.4 Å². The van der Waals surface area contributed by atoms with Crippen molar-refractivity contribution in [2.24, 2.45) is 0 Å². The molecule has 0 bridgehead atoms. The Morgan fingerprint density at radius 3 is 2.68 bits per heavy atom. The number of ether oxygens (including phenoxy) is 1. The molecule has 0 radical (unpaired) electrons. The van der Waals surface area contributed by atoms with Gasteiger partial charge in [-0.05, 0) is 56.2 Å². The molecule has 2 aromatic carbocycles. The summed E-state index contributed by atoms with van der Waals surface area (Å²) in [6, 6.07) is 13.4. The highest BCUT2D eigenvalue weighted by Gasteiger charge is 2.39. The van der Waals surface area contributed by atoms with Gasteiger partial charge < -0.3 is 14.6 Å². The lowest BCUT2D eigenvalue weighted by Crippen LogP contribution is -2.46. The first kappa shape index (κ1) is 21.3. The number of carbonyl (C=O) groups is 1. The summed E-state index contributed by atoms with van der Waals surface area (Å²) >= 11 is 0. The van der Waals surface area contributed by atoms with Gasteiger partial charge in [0.15, 0.2) is 0 Å². The number of aryl methyl sites for hydroxylation is 1. The molecule has 0 aliphatic carbocycles. The molecule has 4 rings (SSSR count). The van der Waals surface area contributed by atoms with Crippen LogP contribution in [0.2, 0.25) is 0 Å². The van der Waals surface area contributed by atoms with Gasteiger partial charge in [0, 0.05) is 19.6 Å². The van der Waals surface area contributed by atoms with Crippen molar-refractivity contribution in [3.63, 3.8) is 0 Å². The third kappa shape index (κ3) is 4.15. The minimum atomic E-state index is -3.76. The van der Waals surface area contributed by atoms with Gasteiger partial charge in [-0.1, -0.05) is 12.1 Å². The molecule has 2 heterocycles. The Bertz CT molecular complexity index is 1190. The number of benzene rings is 2. The fraction of sp³-hybridized carbons (Fsp3) is 0.364. The summed E-state index contributed by atoms with van der Waals surface area (Å²) < 4.78 is 34.6. The molecule has 0 spiro atoms. The average molecular weight is 443 g/mol. The molecule has 0 saturated carbocycles. The molecule has 31 heavy (non-hydrogen) atoms. The van der Waals surface area contributed by atoms with Crippen molar-refractivity contribution in [1.29, 1.82) is 0 Å². The number of aromatic nitrogens is 2. The monoisotopic (exact) mass is 442 g/mol. The minimum Gasteiger partial charge on any atom is -0.497 e. The zero-order valence-corrected chi connectivity index (χ0v) is 18.4. The van der Waals surface area contributed by atoms with Crippen LogP contribution in [0.5, 0.6) is 5.75 Å². The second-order valence-corrected chi connectivity index (χ2v) is 9.43. The number of nitrogens with zero attached hydrogens (tertiary/aromatic N) is 3. The number of sulfonamides is 1. The van der Waals surface area contributed by atoms with E-state index in [0.29, 0.717) is 38.2 Å². The molecule has 8 nitrogen and oxygen atoms in total. The summed E-state index contributed by atoms with van der Waals surface area (Å²) in [5.41, 5.74) is 1.93. The Labute approximate surface area is 181 Å². The quantitative estimate of drug-likeness (QED) is 0.606. The van der Waals surface area contributed by atoms with Crippen LogP contribution >= 0.6 is 0 Å². The van der Waals surface area contributed by atoms with E-state index in [4.69, 9.17) is 4.74 Å². The van der Waals surface area contributed by atoms with Crippen LogP contribution in [0, 0.1) is 6.92 Å². The number of carbonyl (C=O) groups excluding carboxylic acids is 1. The summed E-state index contributed by atoms with van der Waals surface area (Å²) in [4.78, 5) is 17.5. The lowest BCUT2D eigenvalue weighted by Gasteiger charge is -2.23. The maximum atomic E-state index is 13.1. The minimum absolute atomic E-state index is 0.161. The molecule has 9 heteroatoms. The molecule has 1 N–H and O–H groups in total. The first-order valence-corrected chi connectivity index (χ1v) is 11.7. The fourth-order valence-corrected chi connectivity index (χ4v) is 5.72. The third-order valence-electron chi connectivity index (χ3n) is 5.65. The van der Waals surface area contributed by atoms with Gasteiger partial charge in [-0.2, -0.15) is 4.31 Å². The van der Waals surface area contributed by atoms with E-state index >= 15 is 0 Å². The first-order chi connectivity index (χ1) is 14.9. The third-order valence-corrected chi connectivity index (χ3v) is 7.57. The van der Waals surface area contributed by atoms with Crippen molar-refractivity contribution in [2.45, 2.75) is 37.2 Å². The summed E-state index contributed by atoms with van der Waals surface area (Å²) in [5.74, 6) is 1.19. The van der Waals surface area contributed by atoms with Crippen LogP contribution in [-0.2, 0) is 21.4 Å². The zero-order valence-electron chi connectivity index (χ0n) is 17.6. The summed E-state index contributed by atoms with van der Waals surface area (Å²) in [6.07, 6.45) is 1.16. The molecule has 1 fully saturated rings. The van der Waals surface area contributed by atoms with Gasteiger partial charge in [-0.15, -0.1) is 0 Å². The van der Waals surface area contributed by atoms with E-state index in [1.807, 2.05) is 31.2 Å². The van der Waals surface area contributed by atoms with Gasteiger partial charge in [0.05, 0.1) is 23.0 Å². The van der Waals surface area contributed by atoms with Crippen LogP contribution < -0.4 is 10.1 Å². The standard InChI is InChI=1S/C22H26N4O4S/c1-16-24-19-6-3-4-7-20(19)25(16)15-13-23-22(27)21-8-5-14-26(21)31(28,29)18-11-9-17(30-2)10-12-18/h3-4,6-7,9-12,21H,5,8,13-15H2,1-2H3,(H,23,27)/t21-/m0/s1. The zero-order chi connectivity index (χ0) is 22.0. The molecule has 1 amide bonds. The van der Waals surface area contributed by atoms with Crippen molar-refractivity contribution >= 4 is 27.0 Å². The smallest absolute Gasteiger partial charge is 0.243 e. The van der Waals surface area contributed by atoms with E-state index in [9.17, 15) is 13.2 Å². The molecule has 3 aromatic rings. The molecule has 0 unspecified atom stereocenters. The number of fused-ring (bicyclic) bond motifs is 1. The van der Waals surface area contributed by atoms with Crippen molar-refractivity contribution in [3.8, 4) is 5.75 Å². The van der Waals surface area contributed by atoms with E-state index in [2.05, 4.69) is 14.9 Å². The number of amides is 1. The van der Waals surface area contributed by atoms with Crippen molar-refractivity contribution < 1.29 is 17.9 Å². The summed E-state index contributed by atoms with van der Waals surface area (Å²) in [5, 5.41) is 2.91. The molecule has 1 aliphatic rings. The Morgan fingerprint density at radius 1 is 1.19 bits per heavy atom. The van der Waals surface area contributed by atoms with Crippen molar-refractivity contribution in [3.05, 3.63) is 54.4 Å². The number of methoxy groups -OCH3 is 1. The van der Waals surface area contributed by atoms with Crippen LogP contribution in [0.25, 0.3) is 11.0 Å². The lowest BCUT2D eigenvalue weighted by molar-refractivity contribution is -0.124. The highest BCUT2D eigenvalue weighted by Crippen LogP contribution is 2.27. The van der Waals surface area contributed by atoms with E-state index in [1.54, 1.807) is 12.1 Å². The molecule has 1 atom stereocenters. The molecule has 1 aromatic heterocycles. The van der Waals surface area contributed by atoms with Crippen molar-refractivity contribution in [2.75, 3.05) is 20.2 Å². The highest BCUT2D eigenvalue weighted by molar-refractivity contribution is 7.89. The predicted molar refractivity (Wildman–Crippen MR) is 117 cm³/mol. The van der Waals surface area contributed by atoms with Gasteiger partial charge in [0.1, 0.15) is 17.6 Å². The lowest BCUT2D eigenvalue weighted by atomic mass is 10.2. The normalized spacial score (nSPS) is 17.2. The van der Waals surface area contributed by atoms with Crippen molar-refractivity contribution in [1.82, 2.24) is 19.2 Å². The van der Waals surface area contributed by atoms with E-state index in [0.717, 1.165) is 16.9 Å². The summed E-state index contributed by atoms with van der Waals surface area (Å²) in [7, 11) is -2.23. The van der Waals surface area contributed by atoms with E-state index < -0.39 is 16.1 Å². The van der Waals surface area contributed by atoms with Gasteiger partial charge >= 0.3 is 0 Å². The Morgan fingerprint density at radius 2 is 1.94 bits per heavy atom. The molecular weight excluding hydrogens is 416 g/mol. The number of hydrogen-bond acceptors (Lipinski definition) is 5. The molecule has 1 saturated heterocycles. The van der Waals surface area contributed by atoms with Crippen LogP contribution in [0.1, 0.15) is 18.7 Å². The van der Waals surface area contributed by atoms with Crippen LogP contribution in [0.4, 0.5) is 0 Å². The molecule has 1 aliphatic heterocycles. The average Bonchev–Trinajstić information content (AvgIpc) is 3.39. The second kappa shape index (κ2) is 8.68. The molecular formula is C22H26N4O4S. The Kier molecular flexibility index (Phi) is 5.97.